The lowest BCUT2D eigenvalue weighted by atomic mass is 10.2. The fourth-order valence-electron chi connectivity index (χ4n) is 2.09. The van der Waals surface area contributed by atoms with E-state index in [1.165, 1.54) is 6.21 Å². The summed E-state index contributed by atoms with van der Waals surface area (Å²) in [6.07, 6.45) is 1.49. The summed E-state index contributed by atoms with van der Waals surface area (Å²) >= 11 is 5.85. The van der Waals surface area contributed by atoms with Gasteiger partial charge in [0.15, 0.2) is 5.69 Å². The molecule has 0 bridgehead atoms. The van der Waals surface area contributed by atoms with Gasteiger partial charge < -0.3 is 14.3 Å². The van der Waals surface area contributed by atoms with Gasteiger partial charge in [0.2, 0.25) is 5.89 Å². The number of hydrogen-bond donors (Lipinski definition) is 1. The average Bonchev–Trinajstić information content (AvgIpc) is 2.97. The molecular weight excluding hydrogens is 328 g/mol. The highest BCUT2D eigenvalue weighted by Gasteiger charge is 2.12. The molecule has 0 radical (unpaired) electrons. The van der Waals surface area contributed by atoms with E-state index in [1.807, 2.05) is 24.3 Å². The Kier molecular flexibility index (Phi) is 4.82. The lowest BCUT2D eigenvalue weighted by Crippen LogP contribution is -1.87. The molecule has 1 aromatic heterocycles. The molecule has 0 unspecified atom stereocenters. The van der Waals surface area contributed by atoms with Gasteiger partial charge in [0, 0.05) is 10.6 Å². The maximum Gasteiger partial charge on any atom is 0.312 e. The summed E-state index contributed by atoms with van der Waals surface area (Å²) < 4.78 is 10.4. The number of ether oxygens (including phenoxy) is 1. The molecule has 2 aromatic carbocycles. The summed E-state index contributed by atoms with van der Waals surface area (Å²) in [6, 6.07) is 14.6. The number of oxazole rings is 1. The first-order valence-electron chi connectivity index (χ1n) is 7.24. The second-order valence-electron chi connectivity index (χ2n) is 5.03. The van der Waals surface area contributed by atoms with Gasteiger partial charge in [0.25, 0.3) is 0 Å². The molecule has 0 fully saturated rings. The first-order valence-corrected chi connectivity index (χ1v) is 7.62. The van der Waals surface area contributed by atoms with Crippen molar-refractivity contribution in [2.75, 3.05) is 7.11 Å². The van der Waals surface area contributed by atoms with Crippen molar-refractivity contribution in [3.63, 3.8) is 0 Å². The molecule has 3 aromatic rings. The molecule has 122 valence electrons. The van der Waals surface area contributed by atoms with E-state index in [9.17, 15) is 5.11 Å². The lowest BCUT2D eigenvalue weighted by molar-refractivity contribution is 0.337. The predicted molar refractivity (Wildman–Crippen MR) is 92.9 cm³/mol. The Balaban J connectivity index is 1.71. The third-order valence-electron chi connectivity index (χ3n) is 3.37. The standard InChI is InChI=1S/C18H15ClN2O3/c1-23-15-8-2-12(3-9-15)10-20-11-16-18(22)24-17(21-16)13-4-6-14(19)7-5-13/h2-9,11,22H,10H2,1H3. The minimum absolute atomic E-state index is 0.265. The van der Waals surface area contributed by atoms with Crippen molar-refractivity contribution >= 4 is 17.8 Å². The minimum atomic E-state index is -0.265. The number of halogens is 1. The zero-order chi connectivity index (χ0) is 16.9. The van der Waals surface area contributed by atoms with E-state index in [0.717, 1.165) is 16.9 Å². The van der Waals surface area contributed by atoms with Crippen LogP contribution in [0.15, 0.2) is 57.9 Å². The fourth-order valence-corrected chi connectivity index (χ4v) is 2.22. The molecule has 0 aliphatic rings. The average molecular weight is 343 g/mol. The molecule has 0 aliphatic heterocycles. The van der Waals surface area contributed by atoms with Crippen molar-refractivity contribution in [3.8, 4) is 23.1 Å². The van der Waals surface area contributed by atoms with Gasteiger partial charge in [-0.3, -0.25) is 4.99 Å². The molecule has 1 heterocycles. The third kappa shape index (κ3) is 3.75. The van der Waals surface area contributed by atoms with E-state index >= 15 is 0 Å². The van der Waals surface area contributed by atoms with Gasteiger partial charge in [-0.1, -0.05) is 23.7 Å². The largest absolute Gasteiger partial charge is 0.497 e. The number of hydrogen-bond acceptors (Lipinski definition) is 5. The molecule has 0 atom stereocenters. The number of rotatable bonds is 5. The van der Waals surface area contributed by atoms with Gasteiger partial charge in [0.1, 0.15) is 5.75 Å². The molecule has 0 saturated carbocycles. The molecule has 0 amide bonds. The summed E-state index contributed by atoms with van der Waals surface area (Å²) in [4.78, 5) is 8.52. The van der Waals surface area contributed by atoms with Crippen molar-refractivity contribution in [1.29, 1.82) is 0 Å². The monoisotopic (exact) mass is 342 g/mol. The van der Waals surface area contributed by atoms with Gasteiger partial charge in [-0.15, -0.1) is 0 Å². The topological polar surface area (TPSA) is 67.9 Å². The van der Waals surface area contributed by atoms with E-state index in [2.05, 4.69) is 9.98 Å². The van der Waals surface area contributed by atoms with Crippen LogP contribution in [0.3, 0.4) is 0 Å². The van der Waals surface area contributed by atoms with Gasteiger partial charge in [-0.25, -0.2) is 4.98 Å². The molecule has 1 N–H and O–H groups in total. The Hall–Kier alpha value is -2.79. The molecule has 24 heavy (non-hydrogen) atoms. The summed E-state index contributed by atoms with van der Waals surface area (Å²) in [5.41, 5.74) is 2.03. The van der Waals surface area contributed by atoms with E-state index in [1.54, 1.807) is 31.4 Å². The number of aromatic hydroxyl groups is 1. The Morgan fingerprint density at radius 3 is 2.54 bits per heavy atom. The zero-order valence-electron chi connectivity index (χ0n) is 12.9. The van der Waals surface area contributed by atoms with Crippen molar-refractivity contribution < 1.29 is 14.3 Å². The highest BCUT2D eigenvalue weighted by molar-refractivity contribution is 6.30. The third-order valence-corrected chi connectivity index (χ3v) is 3.62. The van der Waals surface area contributed by atoms with Gasteiger partial charge in [-0.05, 0) is 42.0 Å². The maximum absolute atomic E-state index is 9.85. The molecular formula is C18H15ClN2O3. The lowest BCUT2D eigenvalue weighted by Gasteiger charge is -2.00. The number of aliphatic imine (C=N–C) groups is 1. The zero-order valence-corrected chi connectivity index (χ0v) is 13.7. The van der Waals surface area contributed by atoms with Gasteiger partial charge in [0.05, 0.1) is 19.9 Å². The van der Waals surface area contributed by atoms with Gasteiger partial charge in [-0.2, -0.15) is 0 Å². The van der Waals surface area contributed by atoms with E-state index < -0.39 is 0 Å². The minimum Gasteiger partial charge on any atom is -0.497 e. The fraction of sp³-hybridized carbons (Fsp3) is 0.111. The molecule has 3 rings (SSSR count). The van der Waals surface area contributed by atoms with E-state index in [-0.39, 0.29) is 11.6 Å². The SMILES string of the molecule is COc1ccc(CN=Cc2nc(-c3ccc(Cl)cc3)oc2O)cc1. The van der Waals surface area contributed by atoms with Crippen molar-refractivity contribution in [2.45, 2.75) is 6.54 Å². The Bertz CT molecular complexity index is 840. The normalized spacial score (nSPS) is 11.1. The van der Waals surface area contributed by atoms with Gasteiger partial charge >= 0.3 is 5.95 Å². The number of methoxy groups -OCH3 is 1. The van der Waals surface area contributed by atoms with Crippen LogP contribution >= 0.6 is 11.6 Å². The molecule has 6 heteroatoms. The smallest absolute Gasteiger partial charge is 0.312 e. The molecule has 0 spiro atoms. The summed E-state index contributed by atoms with van der Waals surface area (Å²) in [7, 11) is 1.62. The summed E-state index contributed by atoms with van der Waals surface area (Å²) in [5.74, 6) is 0.845. The number of nitrogens with zero attached hydrogens (tertiary/aromatic N) is 2. The Morgan fingerprint density at radius 2 is 1.88 bits per heavy atom. The van der Waals surface area contributed by atoms with Crippen molar-refractivity contribution in [3.05, 3.63) is 64.8 Å². The highest BCUT2D eigenvalue weighted by Crippen LogP contribution is 2.26. The highest BCUT2D eigenvalue weighted by atomic mass is 35.5. The number of aromatic nitrogens is 1. The van der Waals surface area contributed by atoms with Crippen LogP contribution in [0.5, 0.6) is 11.7 Å². The maximum atomic E-state index is 9.85. The molecule has 5 nitrogen and oxygen atoms in total. The number of benzene rings is 2. The van der Waals surface area contributed by atoms with Crippen LogP contribution in [0.25, 0.3) is 11.5 Å². The molecule has 0 saturated heterocycles. The van der Waals surface area contributed by atoms with Crippen LogP contribution in [0.1, 0.15) is 11.3 Å². The van der Waals surface area contributed by atoms with Crippen LogP contribution in [-0.2, 0) is 6.54 Å². The first kappa shape index (κ1) is 16.1. The summed E-state index contributed by atoms with van der Waals surface area (Å²) in [5, 5.41) is 10.5. The van der Waals surface area contributed by atoms with Crippen molar-refractivity contribution in [1.82, 2.24) is 4.98 Å². The van der Waals surface area contributed by atoms with Crippen LogP contribution < -0.4 is 4.74 Å². The van der Waals surface area contributed by atoms with Crippen LogP contribution in [-0.4, -0.2) is 23.4 Å². The first-order chi connectivity index (χ1) is 11.7. The predicted octanol–water partition coefficient (Wildman–Crippen LogP) is 4.33. The van der Waals surface area contributed by atoms with E-state index in [4.69, 9.17) is 20.8 Å². The van der Waals surface area contributed by atoms with Crippen LogP contribution in [0.2, 0.25) is 5.02 Å². The quantitative estimate of drug-likeness (QED) is 0.701. The van der Waals surface area contributed by atoms with Crippen LogP contribution in [0.4, 0.5) is 0 Å². The van der Waals surface area contributed by atoms with Crippen molar-refractivity contribution in [2.24, 2.45) is 4.99 Å². The van der Waals surface area contributed by atoms with Crippen LogP contribution in [0, 0.1) is 0 Å². The Morgan fingerprint density at radius 1 is 1.17 bits per heavy atom. The second kappa shape index (κ2) is 7.19. The second-order valence-corrected chi connectivity index (χ2v) is 5.47. The molecule has 0 aliphatic carbocycles. The Labute approximate surface area is 144 Å². The van der Waals surface area contributed by atoms with E-state index in [0.29, 0.717) is 17.5 Å². The summed E-state index contributed by atoms with van der Waals surface area (Å²) in [6.45, 7) is 0.465.